The Labute approximate surface area is 221 Å². The second-order valence-electron chi connectivity index (χ2n) is 14.4. The van der Waals surface area contributed by atoms with Crippen molar-refractivity contribution in [1.29, 1.82) is 0 Å². The Morgan fingerprint density at radius 3 is 1.31 bits per heavy atom. The smallest absolute Gasteiger partial charge is 0.417 e. The van der Waals surface area contributed by atoms with Crippen molar-refractivity contribution in [1.82, 2.24) is 0 Å². The molecule has 0 radical (unpaired) electrons. The monoisotopic (exact) mass is 513 g/mol. The molecule has 1 heterocycles. The fraction of sp³-hybridized carbons (Fsp3) is 0.613. The third kappa shape index (κ3) is 6.44. The van der Waals surface area contributed by atoms with Crippen molar-refractivity contribution < 1.29 is 13.6 Å². The Hall–Kier alpha value is -1.61. The molecule has 2 aromatic carbocycles. The molecule has 0 aromatic heterocycles. The van der Waals surface area contributed by atoms with E-state index in [0.717, 1.165) is 17.9 Å². The van der Waals surface area contributed by atoms with E-state index in [4.69, 9.17) is 19.3 Å². The first-order chi connectivity index (χ1) is 16.2. The van der Waals surface area contributed by atoms with Gasteiger partial charge in [-0.2, -0.15) is 0 Å². The molecular formula is C31H48NO3P. The van der Waals surface area contributed by atoms with Gasteiger partial charge in [0, 0.05) is 17.5 Å². The molecule has 0 amide bonds. The highest BCUT2D eigenvalue weighted by atomic mass is 31.2. The number of fused-ring (bicyclic) bond motifs is 2. The molecule has 0 spiro atoms. The Kier molecular flexibility index (Phi) is 7.73. The average molecular weight is 514 g/mol. The predicted molar refractivity (Wildman–Crippen MR) is 153 cm³/mol. The van der Waals surface area contributed by atoms with E-state index in [2.05, 4.69) is 107 Å². The molecule has 1 aliphatic rings. The van der Waals surface area contributed by atoms with Crippen LogP contribution in [0.3, 0.4) is 0 Å². The summed E-state index contributed by atoms with van der Waals surface area (Å²) in [6.45, 7) is 28.8. The topological polar surface area (TPSA) is 53.7 Å². The molecule has 1 unspecified atom stereocenters. The number of hydrogen-bond donors (Lipinski definition) is 1. The summed E-state index contributed by atoms with van der Waals surface area (Å²) in [5.74, 6) is 1.73. The summed E-state index contributed by atoms with van der Waals surface area (Å²) in [6.07, 6.45) is 0.216. The van der Waals surface area contributed by atoms with Gasteiger partial charge in [0.05, 0.1) is 0 Å². The lowest BCUT2D eigenvalue weighted by atomic mass is 9.76. The predicted octanol–water partition coefficient (Wildman–Crippen LogP) is 8.79. The highest BCUT2D eigenvalue weighted by molar-refractivity contribution is 7.42. The van der Waals surface area contributed by atoms with Gasteiger partial charge in [0.15, 0.2) is 0 Å². The number of rotatable bonds is 2. The first-order valence-electron chi connectivity index (χ1n) is 13.1. The summed E-state index contributed by atoms with van der Waals surface area (Å²) >= 11 is 0. The molecule has 3 rings (SSSR count). The fourth-order valence-corrected chi connectivity index (χ4v) is 5.51. The number of hydrogen-bond acceptors (Lipinski definition) is 4. The number of nitrogens with two attached hydrogens (primary N) is 1. The first-order valence-corrected chi connectivity index (χ1v) is 14.2. The maximum Gasteiger partial charge on any atom is 0.464 e. The summed E-state index contributed by atoms with van der Waals surface area (Å²) < 4.78 is 19.3. The van der Waals surface area contributed by atoms with Crippen molar-refractivity contribution in [3.63, 3.8) is 0 Å². The van der Waals surface area contributed by atoms with Crippen LogP contribution in [0.25, 0.3) is 0 Å². The lowest BCUT2D eigenvalue weighted by Gasteiger charge is -2.34. The second kappa shape index (κ2) is 9.61. The Bertz CT molecular complexity index is 1030. The maximum absolute atomic E-state index is 6.64. The Morgan fingerprint density at radius 2 is 1.03 bits per heavy atom. The van der Waals surface area contributed by atoms with Crippen LogP contribution in [0.2, 0.25) is 0 Å². The molecular weight excluding hydrogens is 465 g/mol. The zero-order chi connectivity index (χ0) is 27.4. The molecule has 2 N–H and O–H groups in total. The summed E-state index contributed by atoms with van der Waals surface area (Å²) in [4.78, 5) is 0. The van der Waals surface area contributed by atoms with Crippen LogP contribution in [-0.2, 0) is 32.6 Å². The van der Waals surface area contributed by atoms with E-state index >= 15 is 0 Å². The maximum atomic E-state index is 6.64. The van der Waals surface area contributed by atoms with Crippen molar-refractivity contribution >= 4 is 8.60 Å². The standard InChI is InChI=1S/C31H48NO3P/c1-19(32)33-36-34-26-20(15-22(28(2,3)4)17-24(26)30(8,9)10)14-21-16-23(29(5,6)7)18-25(27(21)35-36)31(11,12)13/h15-19H,14,32H2,1-13H3. The minimum atomic E-state index is -1.76. The third-order valence-electron chi connectivity index (χ3n) is 6.64. The highest BCUT2D eigenvalue weighted by Crippen LogP contribution is 2.53. The van der Waals surface area contributed by atoms with Crippen molar-refractivity contribution in [2.75, 3.05) is 0 Å². The highest BCUT2D eigenvalue weighted by Gasteiger charge is 2.35. The van der Waals surface area contributed by atoms with Gasteiger partial charge >= 0.3 is 8.60 Å². The molecule has 1 atom stereocenters. The summed E-state index contributed by atoms with van der Waals surface area (Å²) in [5.41, 5.74) is 13.2. The van der Waals surface area contributed by atoms with Crippen LogP contribution in [0, 0.1) is 0 Å². The molecule has 2 aromatic rings. The molecule has 36 heavy (non-hydrogen) atoms. The largest absolute Gasteiger partial charge is 0.464 e. The van der Waals surface area contributed by atoms with Crippen molar-refractivity contribution in [3.8, 4) is 11.5 Å². The van der Waals surface area contributed by atoms with Gasteiger partial charge in [0.25, 0.3) is 0 Å². The van der Waals surface area contributed by atoms with Crippen molar-refractivity contribution in [3.05, 3.63) is 57.6 Å². The van der Waals surface area contributed by atoms with E-state index < -0.39 is 14.8 Å². The van der Waals surface area contributed by atoms with Crippen LogP contribution in [0.15, 0.2) is 24.3 Å². The van der Waals surface area contributed by atoms with Crippen LogP contribution in [0.5, 0.6) is 11.5 Å². The van der Waals surface area contributed by atoms with Gasteiger partial charge in [-0.15, -0.1) is 0 Å². The molecule has 0 bridgehead atoms. The van der Waals surface area contributed by atoms with E-state index in [1.54, 1.807) is 0 Å². The first kappa shape index (κ1) is 29.0. The van der Waals surface area contributed by atoms with Gasteiger partial charge in [-0.3, -0.25) is 4.52 Å². The van der Waals surface area contributed by atoms with Crippen LogP contribution in [-0.4, -0.2) is 6.23 Å². The quantitative estimate of drug-likeness (QED) is 0.322. The molecule has 0 fully saturated rings. The SMILES string of the molecule is CC(N)OP1Oc2c(cc(C(C)(C)C)cc2C(C)(C)C)Cc2cc(C(C)(C)C)cc(C(C)(C)C)c2O1. The molecule has 0 saturated heterocycles. The van der Waals surface area contributed by atoms with Crippen LogP contribution >= 0.6 is 8.60 Å². The van der Waals surface area contributed by atoms with Crippen LogP contribution in [0.4, 0.5) is 0 Å². The summed E-state index contributed by atoms with van der Waals surface area (Å²) in [6, 6.07) is 9.24. The van der Waals surface area contributed by atoms with Crippen molar-refractivity contribution in [2.24, 2.45) is 5.73 Å². The Morgan fingerprint density at radius 1 is 0.667 bits per heavy atom. The fourth-order valence-electron chi connectivity index (χ4n) is 4.39. The lowest BCUT2D eigenvalue weighted by molar-refractivity contribution is 0.197. The average Bonchev–Trinajstić information content (AvgIpc) is 2.64. The van der Waals surface area contributed by atoms with Crippen LogP contribution < -0.4 is 14.8 Å². The van der Waals surface area contributed by atoms with E-state index in [1.165, 1.54) is 33.4 Å². The minimum absolute atomic E-state index is 0.00750. The van der Waals surface area contributed by atoms with Gasteiger partial charge in [0.1, 0.15) is 17.7 Å². The van der Waals surface area contributed by atoms with Crippen LogP contribution in [0.1, 0.15) is 123 Å². The van der Waals surface area contributed by atoms with E-state index in [-0.39, 0.29) is 21.7 Å². The van der Waals surface area contributed by atoms with Gasteiger partial charge in [-0.25, -0.2) is 0 Å². The molecule has 5 heteroatoms. The number of benzene rings is 2. The summed E-state index contributed by atoms with van der Waals surface area (Å²) in [7, 11) is -1.76. The summed E-state index contributed by atoms with van der Waals surface area (Å²) in [5, 5.41) is 0. The lowest BCUT2D eigenvalue weighted by Crippen LogP contribution is -2.24. The van der Waals surface area contributed by atoms with Crippen molar-refractivity contribution in [2.45, 2.75) is 124 Å². The van der Waals surface area contributed by atoms with Gasteiger partial charge < -0.3 is 14.8 Å². The molecule has 1 aliphatic heterocycles. The molecule has 0 saturated carbocycles. The molecule has 0 aliphatic carbocycles. The Balaban J connectivity index is 2.40. The van der Waals surface area contributed by atoms with E-state index in [9.17, 15) is 0 Å². The zero-order valence-electron chi connectivity index (χ0n) is 24.8. The van der Waals surface area contributed by atoms with Gasteiger partial charge in [-0.1, -0.05) is 107 Å². The second-order valence-corrected chi connectivity index (χ2v) is 15.4. The molecule has 200 valence electrons. The molecule has 4 nitrogen and oxygen atoms in total. The minimum Gasteiger partial charge on any atom is -0.417 e. The van der Waals surface area contributed by atoms with E-state index in [0.29, 0.717) is 0 Å². The van der Waals surface area contributed by atoms with E-state index in [1.807, 2.05) is 6.92 Å². The third-order valence-corrected chi connectivity index (χ3v) is 7.81. The van der Waals surface area contributed by atoms with Gasteiger partial charge in [-0.05, 0) is 50.8 Å². The zero-order valence-corrected chi connectivity index (χ0v) is 25.7. The van der Waals surface area contributed by atoms with Gasteiger partial charge in [0.2, 0.25) is 0 Å². The normalized spacial score (nSPS) is 16.3.